The lowest BCUT2D eigenvalue weighted by Crippen LogP contribution is -1.99. The number of aryl methyl sites for hydroxylation is 1. The predicted molar refractivity (Wildman–Crippen MR) is 110 cm³/mol. The molecule has 0 radical (unpaired) electrons. The SMILES string of the molecule is Cc1ccc2[nH]c3nc(N/N=C/c4cc(Br)c(O)c(O)c4Br)nnc3c2c1. The smallest absolute Gasteiger partial charge is 0.265 e. The van der Waals surface area contributed by atoms with E-state index in [4.69, 9.17) is 0 Å². The summed E-state index contributed by atoms with van der Waals surface area (Å²) in [5, 5.41) is 32.8. The van der Waals surface area contributed by atoms with Gasteiger partial charge in [0.1, 0.15) is 5.52 Å². The molecule has 4 aromatic rings. The Morgan fingerprint density at radius 3 is 2.78 bits per heavy atom. The lowest BCUT2D eigenvalue weighted by Gasteiger charge is -2.06. The number of hydrogen-bond acceptors (Lipinski definition) is 7. The van der Waals surface area contributed by atoms with Crippen LogP contribution >= 0.6 is 31.9 Å². The predicted octanol–water partition coefficient (Wildman–Crippen LogP) is 4.20. The number of H-pyrrole nitrogens is 1. The number of aromatic hydroxyl groups is 2. The van der Waals surface area contributed by atoms with Gasteiger partial charge in [-0.3, -0.25) is 0 Å². The van der Waals surface area contributed by atoms with Gasteiger partial charge in [-0.15, -0.1) is 10.2 Å². The maximum Gasteiger partial charge on any atom is 0.265 e. The second-order valence-corrected chi connectivity index (χ2v) is 7.48. The van der Waals surface area contributed by atoms with Crippen molar-refractivity contribution in [3.8, 4) is 11.5 Å². The Labute approximate surface area is 169 Å². The molecule has 0 aliphatic rings. The second-order valence-electron chi connectivity index (χ2n) is 5.84. The van der Waals surface area contributed by atoms with Gasteiger partial charge < -0.3 is 15.2 Å². The summed E-state index contributed by atoms with van der Waals surface area (Å²) in [5.41, 5.74) is 6.61. The van der Waals surface area contributed by atoms with Gasteiger partial charge >= 0.3 is 0 Å². The molecule has 0 saturated heterocycles. The molecule has 4 rings (SSSR count). The molecule has 2 heterocycles. The topological polar surface area (TPSA) is 119 Å². The first-order valence-electron chi connectivity index (χ1n) is 7.76. The number of nitrogens with one attached hydrogen (secondary N) is 2. The Morgan fingerprint density at radius 1 is 1.15 bits per heavy atom. The number of phenols is 2. The standard InChI is InChI=1S/C17H12Br2N6O2/c1-7-2-3-11-9(4-7)13-16(21-11)22-17(25-23-13)24-20-6-8-5-10(18)14(26)15(27)12(8)19/h2-6,26-27H,1H3,(H2,21,22,24,25)/b20-6+. The van der Waals surface area contributed by atoms with Crippen molar-refractivity contribution in [2.24, 2.45) is 5.10 Å². The number of hydrazone groups is 1. The summed E-state index contributed by atoms with van der Waals surface area (Å²) >= 11 is 6.38. The van der Waals surface area contributed by atoms with Gasteiger partial charge in [0.2, 0.25) is 0 Å². The number of benzene rings is 2. The van der Waals surface area contributed by atoms with Crippen molar-refractivity contribution in [1.82, 2.24) is 20.2 Å². The molecule has 0 unspecified atom stereocenters. The number of nitrogens with zero attached hydrogens (tertiary/aromatic N) is 4. The molecule has 0 saturated carbocycles. The third-order valence-corrected chi connectivity index (χ3v) is 5.37. The lowest BCUT2D eigenvalue weighted by molar-refractivity contribution is 0.399. The monoisotopic (exact) mass is 490 g/mol. The van der Waals surface area contributed by atoms with Crippen LogP contribution in [0.3, 0.4) is 0 Å². The van der Waals surface area contributed by atoms with E-state index in [1.54, 1.807) is 6.07 Å². The quantitative estimate of drug-likeness (QED) is 0.194. The second kappa shape index (κ2) is 6.78. The largest absolute Gasteiger partial charge is 0.503 e. The van der Waals surface area contributed by atoms with E-state index in [0.29, 0.717) is 25.7 Å². The van der Waals surface area contributed by atoms with Crippen LogP contribution < -0.4 is 5.43 Å². The van der Waals surface area contributed by atoms with Crippen LogP contribution in [0.1, 0.15) is 11.1 Å². The van der Waals surface area contributed by atoms with Crippen LogP contribution in [0.5, 0.6) is 11.5 Å². The Hall–Kier alpha value is -2.72. The Balaban J connectivity index is 1.63. The highest BCUT2D eigenvalue weighted by Gasteiger charge is 2.13. The van der Waals surface area contributed by atoms with E-state index in [2.05, 4.69) is 62.6 Å². The summed E-state index contributed by atoms with van der Waals surface area (Å²) in [6, 6.07) is 7.62. The molecule has 0 aliphatic heterocycles. The fourth-order valence-corrected chi connectivity index (χ4v) is 3.45. The number of halogens is 2. The summed E-state index contributed by atoms with van der Waals surface area (Å²) in [5.74, 6) is -0.308. The van der Waals surface area contributed by atoms with E-state index >= 15 is 0 Å². The zero-order chi connectivity index (χ0) is 19.1. The maximum absolute atomic E-state index is 9.84. The Kier molecular flexibility index (Phi) is 4.44. The fraction of sp³-hybridized carbons (Fsp3) is 0.0588. The average molecular weight is 492 g/mol. The zero-order valence-electron chi connectivity index (χ0n) is 13.8. The molecule has 0 atom stereocenters. The number of hydrogen-bond donors (Lipinski definition) is 4. The average Bonchev–Trinajstić information content (AvgIpc) is 3.01. The fourth-order valence-electron chi connectivity index (χ4n) is 2.61. The van der Waals surface area contributed by atoms with E-state index in [1.165, 1.54) is 6.21 Å². The van der Waals surface area contributed by atoms with Gasteiger partial charge in [-0.2, -0.15) is 10.1 Å². The molecule has 0 amide bonds. The molecule has 0 fully saturated rings. The number of anilines is 1. The van der Waals surface area contributed by atoms with Crippen LogP contribution in [0.4, 0.5) is 5.95 Å². The minimum atomic E-state index is -0.279. The lowest BCUT2D eigenvalue weighted by atomic mass is 10.2. The molecule has 4 N–H and O–H groups in total. The van der Waals surface area contributed by atoms with E-state index in [9.17, 15) is 10.2 Å². The minimum Gasteiger partial charge on any atom is -0.503 e. The molecule has 10 heteroatoms. The summed E-state index contributed by atoms with van der Waals surface area (Å²) in [6.07, 6.45) is 1.45. The first kappa shape index (κ1) is 17.7. The number of aromatic nitrogens is 4. The van der Waals surface area contributed by atoms with Crippen molar-refractivity contribution >= 4 is 66.1 Å². The van der Waals surface area contributed by atoms with Crippen molar-refractivity contribution in [1.29, 1.82) is 0 Å². The zero-order valence-corrected chi connectivity index (χ0v) is 17.0. The molecule has 2 aromatic heterocycles. The third-order valence-electron chi connectivity index (χ3n) is 3.93. The van der Waals surface area contributed by atoms with Crippen LogP contribution in [0.2, 0.25) is 0 Å². The van der Waals surface area contributed by atoms with Crippen LogP contribution in [-0.2, 0) is 0 Å². The maximum atomic E-state index is 9.84. The van der Waals surface area contributed by atoms with Crippen LogP contribution in [0.15, 0.2) is 38.3 Å². The first-order valence-corrected chi connectivity index (χ1v) is 9.34. The van der Waals surface area contributed by atoms with E-state index in [-0.39, 0.29) is 17.4 Å². The number of fused-ring (bicyclic) bond motifs is 3. The van der Waals surface area contributed by atoms with Crippen molar-refractivity contribution in [3.63, 3.8) is 0 Å². The molecular weight excluding hydrogens is 480 g/mol. The van der Waals surface area contributed by atoms with Gasteiger partial charge in [0.15, 0.2) is 17.1 Å². The highest BCUT2D eigenvalue weighted by molar-refractivity contribution is 9.11. The van der Waals surface area contributed by atoms with E-state index in [0.717, 1.165) is 16.5 Å². The van der Waals surface area contributed by atoms with Crippen molar-refractivity contribution < 1.29 is 10.2 Å². The Bertz CT molecular complexity index is 1220. The number of phenolic OH excluding ortho intramolecular Hbond substituents is 2. The number of rotatable bonds is 3. The minimum absolute atomic E-state index is 0.222. The summed E-state index contributed by atoms with van der Waals surface area (Å²) in [7, 11) is 0. The Morgan fingerprint density at radius 2 is 1.96 bits per heavy atom. The molecule has 0 aliphatic carbocycles. The van der Waals surface area contributed by atoms with Gasteiger partial charge in [0, 0.05) is 16.5 Å². The van der Waals surface area contributed by atoms with E-state index in [1.807, 2.05) is 25.1 Å². The number of aromatic amines is 1. The summed E-state index contributed by atoms with van der Waals surface area (Å²) < 4.78 is 0.659. The highest BCUT2D eigenvalue weighted by Crippen LogP contribution is 2.40. The summed E-state index contributed by atoms with van der Waals surface area (Å²) in [4.78, 5) is 7.58. The molecule has 2 aromatic carbocycles. The van der Waals surface area contributed by atoms with Gasteiger partial charge in [0.25, 0.3) is 5.95 Å². The van der Waals surface area contributed by atoms with Crippen LogP contribution in [-0.4, -0.2) is 36.6 Å². The molecule has 136 valence electrons. The molecule has 8 nitrogen and oxygen atoms in total. The van der Waals surface area contributed by atoms with Crippen molar-refractivity contribution in [2.75, 3.05) is 5.43 Å². The van der Waals surface area contributed by atoms with Gasteiger partial charge in [0.05, 0.1) is 15.2 Å². The summed E-state index contributed by atoms with van der Waals surface area (Å²) in [6.45, 7) is 2.02. The van der Waals surface area contributed by atoms with E-state index < -0.39 is 0 Å². The first-order chi connectivity index (χ1) is 12.9. The third kappa shape index (κ3) is 3.21. The molecule has 0 bridgehead atoms. The van der Waals surface area contributed by atoms with Gasteiger partial charge in [-0.1, -0.05) is 11.6 Å². The highest BCUT2D eigenvalue weighted by atomic mass is 79.9. The van der Waals surface area contributed by atoms with Crippen molar-refractivity contribution in [2.45, 2.75) is 6.92 Å². The molecule has 27 heavy (non-hydrogen) atoms. The van der Waals surface area contributed by atoms with Crippen LogP contribution in [0, 0.1) is 6.92 Å². The van der Waals surface area contributed by atoms with Crippen molar-refractivity contribution in [3.05, 3.63) is 44.3 Å². The molecule has 0 spiro atoms. The van der Waals surface area contributed by atoms with Crippen LogP contribution in [0.25, 0.3) is 22.1 Å². The molecular formula is C17H12Br2N6O2. The van der Waals surface area contributed by atoms with Gasteiger partial charge in [-0.05, 0) is 57.0 Å². The normalized spacial score (nSPS) is 11.7. The van der Waals surface area contributed by atoms with Gasteiger partial charge in [-0.25, -0.2) is 5.43 Å².